The summed E-state index contributed by atoms with van der Waals surface area (Å²) < 4.78 is 20.0. The summed E-state index contributed by atoms with van der Waals surface area (Å²) in [5, 5.41) is 0. The van der Waals surface area contributed by atoms with E-state index in [4.69, 9.17) is 10.5 Å². The van der Waals surface area contributed by atoms with E-state index in [0.29, 0.717) is 18.5 Å². The minimum Gasteiger partial charge on any atom is -0.370 e. The summed E-state index contributed by atoms with van der Waals surface area (Å²) in [4.78, 5) is 26.3. The Kier molecular flexibility index (Phi) is 4.58. The van der Waals surface area contributed by atoms with Gasteiger partial charge in [0.15, 0.2) is 0 Å². The number of carbonyl (C=O) groups is 2. The summed E-state index contributed by atoms with van der Waals surface area (Å²) in [7, 11) is 0. The predicted molar refractivity (Wildman–Crippen MR) is 91.2 cm³/mol. The average molecular weight is 348 g/mol. The van der Waals surface area contributed by atoms with Crippen molar-refractivity contribution in [2.24, 2.45) is 5.73 Å². The molecule has 2 aliphatic heterocycles. The second-order valence-corrected chi connectivity index (χ2v) is 7.73. The Bertz CT molecular complexity index is 691. The molecule has 0 aromatic heterocycles. The molecule has 1 spiro atoms. The number of halogens is 1. The van der Waals surface area contributed by atoms with Crippen LogP contribution in [0.2, 0.25) is 0 Å². The third-order valence-electron chi connectivity index (χ3n) is 5.31. The van der Waals surface area contributed by atoms with Crippen molar-refractivity contribution in [3.05, 3.63) is 35.6 Å². The fraction of sp³-hybridized carbons (Fsp3) is 0.579. The number of hydrogen-bond donors (Lipinski definition) is 1. The van der Waals surface area contributed by atoms with Crippen molar-refractivity contribution in [3.63, 3.8) is 0 Å². The molecule has 136 valence electrons. The number of nitrogens with two attached hydrogens (primary N) is 1. The van der Waals surface area contributed by atoms with Crippen LogP contribution in [0.4, 0.5) is 4.39 Å². The zero-order valence-corrected chi connectivity index (χ0v) is 14.8. The highest BCUT2D eigenvalue weighted by atomic mass is 19.1. The van der Waals surface area contributed by atoms with Gasteiger partial charge < -0.3 is 15.4 Å². The van der Waals surface area contributed by atoms with Crippen molar-refractivity contribution in [2.75, 3.05) is 6.54 Å². The molecule has 2 heterocycles. The average Bonchev–Trinajstić information content (AvgIpc) is 3.02. The van der Waals surface area contributed by atoms with Crippen molar-refractivity contribution < 1.29 is 18.7 Å². The van der Waals surface area contributed by atoms with Crippen molar-refractivity contribution in [2.45, 2.75) is 63.2 Å². The van der Waals surface area contributed by atoms with Crippen LogP contribution in [0.15, 0.2) is 24.3 Å². The normalized spacial score (nSPS) is 27.8. The number of primary amides is 1. The van der Waals surface area contributed by atoms with Gasteiger partial charge in [-0.2, -0.15) is 0 Å². The predicted octanol–water partition coefficient (Wildman–Crippen LogP) is 2.17. The molecule has 2 atom stereocenters. The molecule has 6 heteroatoms. The van der Waals surface area contributed by atoms with Gasteiger partial charge in [-0.1, -0.05) is 18.2 Å². The molecule has 0 aliphatic carbocycles. The summed E-state index contributed by atoms with van der Waals surface area (Å²) in [5.41, 5.74) is 4.84. The summed E-state index contributed by atoms with van der Waals surface area (Å²) in [5.74, 6) is -0.936. The second-order valence-electron chi connectivity index (χ2n) is 7.73. The van der Waals surface area contributed by atoms with Crippen LogP contribution >= 0.6 is 0 Å². The van der Waals surface area contributed by atoms with Crippen LogP contribution in [-0.4, -0.2) is 40.5 Å². The topological polar surface area (TPSA) is 72.6 Å². The van der Waals surface area contributed by atoms with Crippen molar-refractivity contribution in [1.82, 2.24) is 4.90 Å². The van der Waals surface area contributed by atoms with Crippen LogP contribution in [0, 0.1) is 5.82 Å². The van der Waals surface area contributed by atoms with E-state index in [1.807, 2.05) is 18.7 Å². The van der Waals surface area contributed by atoms with Crippen LogP contribution in [0.5, 0.6) is 0 Å². The molecule has 2 amide bonds. The number of ether oxygens (including phenoxy) is 1. The summed E-state index contributed by atoms with van der Waals surface area (Å²) in [6, 6.07) is 6.33. The third kappa shape index (κ3) is 3.40. The lowest BCUT2D eigenvalue weighted by Crippen LogP contribution is -2.54. The number of hydrogen-bond acceptors (Lipinski definition) is 3. The summed E-state index contributed by atoms with van der Waals surface area (Å²) in [6.45, 7) is 4.53. The van der Waals surface area contributed by atoms with E-state index in [1.54, 1.807) is 18.2 Å². The number of carbonyl (C=O) groups excluding carboxylic acids is 2. The molecule has 1 aromatic rings. The highest BCUT2D eigenvalue weighted by Gasteiger charge is 2.58. The maximum atomic E-state index is 13.9. The van der Waals surface area contributed by atoms with Crippen LogP contribution in [-0.2, 0) is 20.7 Å². The number of benzene rings is 1. The highest BCUT2D eigenvalue weighted by Crippen LogP contribution is 2.49. The molecule has 0 bridgehead atoms. The lowest BCUT2D eigenvalue weighted by atomic mass is 9.82. The first kappa shape index (κ1) is 17.9. The minimum atomic E-state index is -0.527. The van der Waals surface area contributed by atoms with Crippen LogP contribution in [0.25, 0.3) is 0 Å². The van der Waals surface area contributed by atoms with Gasteiger partial charge in [0.1, 0.15) is 5.82 Å². The van der Waals surface area contributed by atoms with Gasteiger partial charge >= 0.3 is 0 Å². The van der Waals surface area contributed by atoms with E-state index < -0.39 is 23.2 Å². The zero-order valence-electron chi connectivity index (χ0n) is 14.8. The molecule has 2 aliphatic rings. The highest BCUT2D eigenvalue weighted by molar-refractivity contribution is 5.81. The molecular formula is C19H25FN2O3. The van der Waals surface area contributed by atoms with E-state index >= 15 is 0 Å². The molecule has 2 N–H and O–H groups in total. The van der Waals surface area contributed by atoms with Gasteiger partial charge in [0.05, 0.1) is 30.1 Å². The standard InChI is InChI=1S/C19H25FN2O3/c1-18(2)12-19(15(25-18)11-16(21)23)8-5-9-22(19)17(24)10-13-6-3-4-7-14(13)20/h3-4,6-7,15H,5,8-12H2,1-2H3,(H2,21,23)/t15-,19+/m0/s1. The molecular weight excluding hydrogens is 323 g/mol. The Morgan fingerprint density at radius 3 is 2.76 bits per heavy atom. The Morgan fingerprint density at radius 2 is 2.08 bits per heavy atom. The Morgan fingerprint density at radius 1 is 1.36 bits per heavy atom. The Balaban J connectivity index is 1.86. The molecule has 1 aromatic carbocycles. The first-order chi connectivity index (χ1) is 11.7. The largest absolute Gasteiger partial charge is 0.370 e. The number of likely N-dealkylation sites (tertiary alicyclic amines) is 1. The van der Waals surface area contributed by atoms with Gasteiger partial charge in [0.25, 0.3) is 0 Å². The fourth-order valence-electron chi connectivity index (χ4n) is 4.49. The quantitative estimate of drug-likeness (QED) is 0.906. The van der Waals surface area contributed by atoms with Gasteiger partial charge in [0, 0.05) is 13.0 Å². The van der Waals surface area contributed by atoms with E-state index in [-0.39, 0.29) is 24.6 Å². The zero-order chi connectivity index (χ0) is 18.2. The molecule has 0 saturated carbocycles. The maximum Gasteiger partial charge on any atom is 0.227 e. The van der Waals surface area contributed by atoms with Crippen molar-refractivity contribution in [1.29, 1.82) is 0 Å². The summed E-state index contributed by atoms with van der Waals surface area (Å²) in [6.07, 6.45) is 1.97. The molecule has 0 radical (unpaired) electrons. The first-order valence-corrected chi connectivity index (χ1v) is 8.73. The summed E-state index contributed by atoms with van der Waals surface area (Å²) >= 11 is 0. The lowest BCUT2D eigenvalue weighted by Gasteiger charge is -2.38. The molecule has 2 saturated heterocycles. The van der Waals surface area contributed by atoms with Gasteiger partial charge in [0.2, 0.25) is 11.8 Å². The third-order valence-corrected chi connectivity index (χ3v) is 5.31. The van der Waals surface area contributed by atoms with Gasteiger partial charge in [-0.15, -0.1) is 0 Å². The van der Waals surface area contributed by atoms with Gasteiger partial charge in [-0.3, -0.25) is 9.59 Å². The van der Waals surface area contributed by atoms with E-state index in [9.17, 15) is 14.0 Å². The number of rotatable bonds is 4. The molecule has 3 rings (SSSR count). The van der Waals surface area contributed by atoms with Crippen molar-refractivity contribution >= 4 is 11.8 Å². The number of nitrogens with zero attached hydrogens (tertiary/aromatic N) is 1. The minimum absolute atomic E-state index is 0.0120. The smallest absolute Gasteiger partial charge is 0.227 e. The van der Waals surface area contributed by atoms with Crippen LogP contribution < -0.4 is 5.73 Å². The molecule has 2 fully saturated rings. The second kappa shape index (κ2) is 6.41. The first-order valence-electron chi connectivity index (χ1n) is 8.73. The van der Waals surface area contributed by atoms with E-state index in [1.165, 1.54) is 6.07 Å². The number of amides is 2. The molecule has 0 unspecified atom stereocenters. The molecule has 5 nitrogen and oxygen atoms in total. The Hall–Kier alpha value is -1.95. The Labute approximate surface area is 147 Å². The van der Waals surface area contributed by atoms with E-state index in [2.05, 4.69) is 0 Å². The molecule has 25 heavy (non-hydrogen) atoms. The van der Waals surface area contributed by atoms with Gasteiger partial charge in [-0.05, 0) is 38.3 Å². The maximum absolute atomic E-state index is 13.9. The van der Waals surface area contributed by atoms with E-state index in [0.717, 1.165) is 12.8 Å². The SMILES string of the molecule is CC1(C)C[C@]2(CCCN2C(=O)Cc2ccccc2F)[C@H](CC(N)=O)O1. The lowest BCUT2D eigenvalue weighted by molar-refractivity contribution is -0.139. The van der Waals surface area contributed by atoms with Crippen molar-refractivity contribution in [3.8, 4) is 0 Å². The monoisotopic (exact) mass is 348 g/mol. The van der Waals surface area contributed by atoms with Crippen LogP contribution in [0.1, 0.15) is 45.1 Å². The van der Waals surface area contributed by atoms with Gasteiger partial charge in [-0.25, -0.2) is 4.39 Å². The van der Waals surface area contributed by atoms with Crippen LogP contribution in [0.3, 0.4) is 0 Å². The fourth-order valence-corrected chi connectivity index (χ4v) is 4.49.